The van der Waals surface area contributed by atoms with Crippen LogP contribution in [0.25, 0.3) is 85.1 Å². The van der Waals surface area contributed by atoms with Crippen molar-refractivity contribution in [2.45, 2.75) is 77.6 Å². The number of rotatable bonds is 5. The zero-order valence-electron chi connectivity index (χ0n) is 37.7. The minimum absolute atomic E-state index is 0.0268. The summed E-state index contributed by atoms with van der Waals surface area (Å²) in [5.74, 6) is 0. The van der Waals surface area contributed by atoms with Gasteiger partial charge in [-0.05, 0) is 106 Å². The second-order valence-electron chi connectivity index (χ2n) is 20.4. The zero-order valence-corrected chi connectivity index (χ0v) is 39.3. The van der Waals surface area contributed by atoms with Crippen LogP contribution in [-0.2, 0) is 17.3 Å². The van der Waals surface area contributed by atoms with Gasteiger partial charge in [-0.1, -0.05) is 150 Å². The highest BCUT2D eigenvalue weighted by Crippen LogP contribution is 2.56. The zero-order chi connectivity index (χ0) is 43.5. The molecule has 11 aromatic rings. The number of anilines is 3. The van der Waals surface area contributed by atoms with Crippen LogP contribution in [0.5, 0.6) is 0 Å². The molecule has 5 heteroatoms. The molecule has 0 N–H and O–H groups in total. The summed E-state index contributed by atoms with van der Waals surface area (Å²) in [6.45, 7) is 12.2. The maximum Gasteiger partial charge on any atom is 0.343 e. The first-order valence-electron chi connectivity index (χ1n) is 23.7. The summed E-state index contributed by atoms with van der Waals surface area (Å²) in [6, 6.07) is 56.6. The van der Waals surface area contributed by atoms with Crippen molar-refractivity contribution in [1.29, 1.82) is 0 Å². The van der Waals surface area contributed by atoms with E-state index in [1.54, 1.807) is 0 Å². The van der Waals surface area contributed by atoms with Crippen LogP contribution in [0.4, 0.5) is 17.1 Å². The van der Waals surface area contributed by atoms with Crippen LogP contribution in [-0.4, -0.2) is 11.3 Å². The molecule has 0 atom stereocenters. The number of fused-ring (bicyclic) bond motifs is 16. The van der Waals surface area contributed by atoms with Crippen molar-refractivity contribution in [2.24, 2.45) is 0 Å². The van der Waals surface area contributed by atoms with Crippen molar-refractivity contribution < 1.29 is 0 Å². The normalized spacial score (nSPS) is 15.7. The van der Waals surface area contributed by atoms with Crippen molar-refractivity contribution in [3.8, 4) is 22.3 Å². The third kappa shape index (κ3) is 5.17. The van der Waals surface area contributed by atoms with E-state index in [9.17, 15) is 0 Å². The lowest BCUT2D eigenvalue weighted by Crippen LogP contribution is -2.55. The molecule has 0 bridgehead atoms. The Labute approximate surface area is 388 Å². The number of thiophene rings is 2. The van der Waals surface area contributed by atoms with E-state index in [2.05, 4.69) is 201 Å². The van der Waals surface area contributed by atoms with Gasteiger partial charge in [0.2, 0.25) is 0 Å². The summed E-state index contributed by atoms with van der Waals surface area (Å²) < 4.78 is 8.37. The van der Waals surface area contributed by atoms with Crippen LogP contribution >= 0.6 is 22.7 Å². The highest BCUT2D eigenvalue weighted by atomic mass is 32.1. The Morgan fingerprint density at radius 2 is 1.31 bits per heavy atom. The van der Waals surface area contributed by atoms with Crippen LogP contribution in [0.3, 0.4) is 0 Å². The topological polar surface area (TPSA) is 8.17 Å². The molecule has 3 aliphatic rings. The lowest BCUT2D eigenvalue weighted by molar-refractivity contribution is 0.332. The lowest BCUT2D eigenvalue weighted by atomic mass is 9.48. The van der Waals surface area contributed by atoms with E-state index in [1.165, 1.54) is 155 Å². The summed E-state index contributed by atoms with van der Waals surface area (Å²) in [6.07, 6.45) is 5.81. The molecule has 0 unspecified atom stereocenters. The number of nitrogens with zero attached hydrogens (tertiary/aromatic N) is 2. The van der Waals surface area contributed by atoms with Crippen molar-refractivity contribution in [3.05, 3.63) is 162 Å². The standard InChI is InChI=1S/C60H49BN2S2/c1-6-7-16-35-25-28-48(43(31-35)36-17-9-8-10-18-36)62-49-33-44-39-21-13-14-24-50(39)64-57(44)52-42-23-15-22-40-41-27-26-37-19-11-12-20-38(37)54(41)63(55(40)42)61(53(49)52)58-56(62)45-32-46-47(34-51(45)65-58)60(4,5)30-29-59(46,2)3/h8-15,17-28,31-34H,6-7,16,29-30H2,1-5H3. The number of benzene rings is 8. The van der Waals surface area contributed by atoms with E-state index in [-0.39, 0.29) is 17.7 Å². The molecular weight excluding hydrogens is 824 g/mol. The van der Waals surface area contributed by atoms with Crippen LogP contribution in [0.1, 0.15) is 77.0 Å². The predicted molar refractivity (Wildman–Crippen MR) is 285 cm³/mol. The van der Waals surface area contributed by atoms with E-state index in [0.29, 0.717) is 0 Å². The summed E-state index contributed by atoms with van der Waals surface area (Å²) in [4.78, 5) is 2.75. The van der Waals surface area contributed by atoms with Gasteiger partial charge in [-0.25, -0.2) is 0 Å². The Morgan fingerprint density at radius 1 is 0.569 bits per heavy atom. The minimum atomic E-state index is -0.0268. The molecule has 65 heavy (non-hydrogen) atoms. The summed E-state index contributed by atoms with van der Waals surface area (Å²) in [5, 5.41) is 9.34. The third-order valence-electron chi connectivity index (χ3n) is 15.8. The first kappa shape index (κ1) is 38.2. The molecule has 0 spiro atoms. The molecule has 0 saturated carbocycles. The smallest absolute Gasteiger partial charge is 0.343 e. The molecule has 0 amide bonds. The summed E-state index contributed by atoms with van der Waals surface area (Å²) in [5.41, 5.74) is 17.9. The van der Waals surface area contributed by atoms with E-state index in [1.807, 2.05) is 11.3 Å². The van der Waals surface area contributed by atoms with Crippen LogP contribution in [0, 0.1) is 0 Å². The Hall–Kier alpha value is -6.14. The van der Waals surface area contributed by atoms with Gasteiger partial charge in [0.25, 0.3) is 0 Å². The SMILES string of the molecule is CCCCc1ccc(N2c3cc4c(sc5ccccc54)c4c3B(c3sc5cc6c(cc5c32)C(C)(C)CCC6(C)C)n2c3c-4cccc3c3ccc4ccccc4c32)c(-c2ccccc2)c1. The number of hydrogen-bond acceptors (Lipinski definition) is 3. The Balaban J connectivity index is 1.21. The van der Waals surface area contributed by atoms with Gasteiger partial charge in [0.05, 0.1) is 11.4 Å². The summed E-state index contributed by atoms with van der Waals surface area (Å²) in [7, 11) is 0. The largest absolute Gasteiger partial charge is 0.374 e. The molecule has 2 aliphatic heterocycles. The molecule has 1 aliphatic carbocycles. The Kier molecular flexibility index (Phi) is 7.91. The van der Waals surface area contributed by atoms with Gasteiger partial charge in [-0.15, -0.1) is 22.7 Å². The number of aromatic nitrogens is 1. The fraction of sp³-hybridized carbons (Fsp3) is 0.200. The number of unbranched alkanes of at least 4 members (excludes halogenated alkanes) is 1. The minimum Gasteiger partial charge on any atom is -0.374 e. The summed E-state index contributed by atoms with van der Waals surface area (Å²) >= 11 is 4.03. The number of para-hydroxylation sites is 1. The van der Waals surface area contributed by atoms with Gasteiger partial charge in [0, 0.05) is 84.6 Å². The van der Waals surface area contributed by atoms with Crippen molar-refractivity contribution >= 4 is 120 Å². The second-order valence-corrected chi connectivity index (χ2v) is 22.6. The van der Waals surface area contributed by atoms with Crippen LogP contribution in [0.2, 0.25) is 0 Å². The maximum absolute atomic E-state index is 2.80. The average Bonchev–Trinajstić information content (AvgIpc) is 4.01. The number of aryl methyl sites for hydroxylation is 1. The van der Waals surface area contributed by atoms with E-state index in [0.717, 1.165) is 6.42 Å². The van der Waals surface area contributed by atoms with Crippen LogP contribution in [0.15, 0.2) is 146 Å². The third-order valence-corrected chi connectivity index (χ3v) is 18.2. The van der Waals surface area contributed by atoms with Gasteiger partial charge in [0.15, 0.2) is 0 Å². The molecule has 0 fully saturated rings. The fourth-order valence-electron chi connectivity index (χ4n) is 12.4. The molecule has 2 nitrogen and oxygen atoms in total. The predicted octanol–water partition coefficient (Wildman–Crippen LogP) is 16.3. The fourth-order valence-corrected chi connectivity index (χ4v) is 15.0. The van der Waals surface area contributed by atoms with Crippen molar-refractivity contribution in [1.82, 2.24) is 4.48 Å². The molecule has 5 heterocycles. The van der Waals surface area contributed by atoms with Crippen LogP contribution < -0.4 is 15.1 Å². The molecule has 8 aromatic carbocycles. The van der Waals surface area contributed by atoms with Crippen molar-refractivity contribution in [2.75, 3.05) is 4.90 Å². The first-order valence-corrected chi connectivity index (χ1v) is 25.4. The molecular formula is C60H49BN2S2. The van der Waals surface area contributed by atoms with E-state index in [4.69, 9.17) is 0 Å². The molecule has 14 rings (SSSR count). The monoisotopic (exact) mass is 872 g/mol. The van der Waals surface area contributed by atoms with Gasteiger partial charge >= 0.3 is 6.85 Å². The van der Waals surface area contributed by atoms with E-state index < -0.39 is 0 Å². The van der Waals surface area contributed by atoms with Crippen molar-refractivity contribution in [3.63, 3.8) is 0 Å². The highest BCUT2D eigenvalue weighted by molar-refractivity contribution is 7.32. The average molecular weight is 873 g/mol. The highest BCUT2D eigenvalue weighted by Gasteiger charge is 2.47. The quantitative estimate of drug-likeness (QED) is 0.156. The molecule has 3 aromatic heterocycles. The van der Waals surface area contributed by atoms with Gasteiger partial charge in [-0.2, -0.15) is 0 Å². The molecule has 314 valence electrons. The van der Waals surface area contributed by atoms with Gasteiger partial charge in [-0.3, -0.25) is 0 Å². The maximum atomic E-state index is 2.80. The first-order chi connectivity index (χ1) is 31.7. The Morgan fingerprint density at radius 3 is 2.14 bits per heavy atom. The van der Waals surface area contributed by atoms with Gasteiger partial charge < -0.3 is 9.38 Å². The Bertz CT molecular complexity index is 3840. The lowest BCUT2D eigenvalue weighted by Gasteiger charge is -2.42. The molecule has 0 saturated heterocycles. The van der Waals surface area contributed by atoms with E-state index >= 15 is 0 Å². The molecule has 0 radical (unpaired) electrons. The number of hydrogen-bond donors (Lipinski definition) is 0. The van der Waals surface area contributed by atoms with Gasteiger partial charge in [0.1, 0.15) is 0 Å². The second kappa shape index (κ2) is 13.5.